The third kappa shape index (κ3) is 5.51. The SMILES string of the molecule is CC(C)(C)OC(=O)C[C@H]1CCCN(CCc2ccnc(N)c2)C1=O. The number of aromatic nitrogens is 1. The molecule has 2 N–H and O–H groups in total. The summed E-state index contributed by atoms with van der Waals surface area (Å²) in [6.07, 6.45) is 4.23. The molecule has 1 aromatic heterocycles. The predicted octanol–water partition coefficient (Wildman–Crippen LogP) is 2.18. The molecule has 1 aromatic rings. The van der Waals surface area contributed by atoms with Gasteiger partial charge < -0.3 is 15.4 Å². The lowest BCUT2D eigenvalue weighted by Gasteiger charge is -2.32. The molecule has 1 aliphatic heterocycles. The molecule has 1 amide bonds. The first-order chi connectivity index (χ1) is 11.2. The zero-order valence-corrected chi connectivity index (χ0v) is 14.7. The lowest BCUT2D eigenvalue weighted by atomic mass is 9.93. The van der Waals surface area contributed by atoms with Crippen LogP contribution >= 0.6 is 0 Å². The number of hydrogen-bond donors (Lipinski definition) is 1. The van der Waals surface area contributed by atoms with Gasteiger partial charge in [-0.25, -0.2) is 4.98 Å². The maximum absolute atomic E-state index is 12.6. The molecule has 6 nitrogen and oxygen atoms in total. The first-order valence-corrected chi connectivity index (χ1v) is 8.45. The summed E-state index contributed by atoms with van der Waals surface area (Å²) < 4.78 is 5.34. The number of pyridine rings is 1. The third-order valence-electron chi connectivity index (χ3n) is 3.99. The average molecular weight is 333 g/mol. The van der Waals surface area contributed by atoms with Crippen molar-refractivity contribution in [3.63, 3.8) is 0 Å². The van der Waals surface area contributed by atoms with Gasteiger partial charge in [0.15, 0.2) is 0 Å². The van der Waals surface area contributed by atoms with Crippen LogP contribution in [0.5, 0.6) is 0 Å². The van der Waals surface area contributed by atoms with Gasteiger partial charge in [0.2, 0.25) is 5.91 Å². The van der Waals surface area contributed by atoms with Crippen LogP contribution in [0.3, 0.4) is 0 Å². The first-order valence-electron chi connectivity index (χ1n) is 8.45. The second-order valence-corrected chi connectivity index (χ2v) is 7.29. The molecule has 6 heteroatoms. The quantitative estimate of drug-likeness (QED) is 0.835. The van der Waals surface area contributed by atoms with Crippen LogP contribution in [0, 0.1) is 5.92 Å². The highest BCUT2D eigenvalue weighted by atomic mass is 16.6. The molecule has 1 aliphatic rings. The minimum Gasteiger partial charge on any atom is -0.460 e. The Morgan fingerprint density at radius 2 is 2.21 bits per heavy atom. The van der Waals surface area contributed by atoms with Gasteiger partial charge in [0.1, 0.15) is 11.4 Å². The van der Waals surface area contributed by atoms with Gasteiger partial charge in [-0.2, -0.15) is 0 Å². The molecule has 2 rings (SSSR count). The Labute approximate surface area is 143 Å². The number of amides is 1. The van der Waals surface area contributed by atoms with E-state index in [1.807, 2.05) is 37.8 Å². The van der Waals surface area contributed by atoms with Crippen LogP contribution in [0.1, 0.15) is 45.6 Å². The molecular formula is C18H27N3O3. The van der Waals surface area contributed by atoms with E-state index in [0.29, 0.717) is 12.4 Å². The van der Waals surface area contributed by atoms with Crippen LogP contribution in [-0.4, -0.2) is 40.5 Å². The number of nitrogens with two attached hydrogens (primary N) is 1. The van der Waals surface area contributed by atoms with E-state index >= 15 is 0 Å². The predicted molar refractivity (Wildman–Crippen MR) is 92.1 cm³/mol. The molecular weight excluding hydrogens is 306 g/mol. The summed E-state index contributed by atoms with van der Waals surface area (Å²) in [6, 6.07) is 3.73. The summed E-state index contributed by atoms with van der Waals surface area (Å²) in [4.78, 5) is 30.4. The summed E-state index contributed by atoms with van der Waals surface area (Å²) in [5.74, 6) is -0.0323. The maximum Gasteiger partial charge on any atom is 0.307 e. The normalized spacial score (nSPS) is 18.5. The second-order valence-electron chi connectivity index (χ2n) is 7.29. The van der Waals surface area contributed by atoms with Gasteiger partial charge in [0.25, 0.3) is 0 Å². The van der Waals surface area contributed by atoms with Crippen molar-refractivity contribution in [2.75, 3.05) is 18.8 Å². The van der Waals surface area contributed by atoms with Gasteiger partial charge in [0.05, 0.1) is 6.42 Å². The van der Waals surface area contributed by atoms with Gasteiger partial charge in [-0.3, -0.25) is 9.59 Å². The second kappa shape index (κ2) is 7.64. The van der Waals surface area contributed by atoms with Crippen molar-refractivity contribution < 1.29 is 14.3 Å². The summed E-state index contributed by atoms with van der Waals surface area (Å²) in [5.41, 5.74) is 6.22. The van der Waals surface area contributed by atoms with Gasteiger partial charge in [-0.1, -0.05) is 0 Å². The van der Waals surface area contributed by atoms with Gasteiger partial charge in [-0.05, 0) is 57.7 Å². The lowest BCUT2D eigenvalue weighted by Crippen LogP contribution is -2.43. The van der Waals surface area contributed by atoms with Crippen molar-refractivity contribution in [1.82, 2.24) is 9.88 Å². The molecule has 0 bridgehead atoms. The molecule has 0 aromatic carbocycles. The summed E-state index contributed by atoms with van der Waals surface area (Å²) in [6.45, 7) is 6.87. The van der Waals surface area contributed by atoms with Crippen molar-refractivity contribution in [3.8, 4) is 0 Å². The Kier molecular flexibility index (Phi) is 5.80. The number of esters is 1. The summed E-state index contributed by atoms with van der Waals surface area (Å²) in [7, 11) is 0. The van der Waals surface area contributed by atoms with Crippen molar-refractivity contribution in [2.45, 2.75) is 52.1 Å². The van der Waals surface area contributed by atoms with Crippen molar-refractivity contribution in [1.29, 1.82) is 0 Å². The third-order valence-corrected chi connectivity index (χ3v) is 3.99. The molecule has 132 valence electrons. The maximum atomic E-state index is 12.6. The highest BCUT2D eigenvalue weighted by Gasteiger charge is 2.31. The van der Waals surface area contributed by atoms with E-state index in [2.05, 4.69) is 4.98 Å². The van der Waals surface area contributed by atoms with Crippen LogP contribution in [-0.2, 0) is 20.7 Å². The number of rotatable bonds is 5. The molecule has 0 unspecified atom stereocenters. The largest absolute Gasteiger partial charge is 0.460 e. The van der Waals surface area contributed by atoms with E-state index in [-0.39, 0.29) is 24.2 Å². The Morgan fingerprint density at radius 3 is 2.88 bits per heavy atom. The van der Waals surface area contributed by atoms with Gasteiger partial charge >= 0.3 is 5.97 Å². The number of anilines is 1. The fraction of sp³-hybridized carbons (Fsp3) is 0.611. The smallest absolute Gasteiger partial charge is 0.307 e. The number of nitrogen functional groups attached to an aromatic ring is 1. The highest BCUT2D eigenvalue weighted by Crippen LogP contribution is 2.23. The summed E-state index contributed by atoms with van der Waals surface area (Å²) >= 11 is 0. The fourth-order valence-corrected chi connectivity index (χ4v) is 2.93. The Morgan fingerprint density at radius 1 is 1.46 bits per heavy atom. The topological polar surface area (TPSA) is 85.5 Å². The molecule has 0 spiro atoms. The Balaban J connectivity index is 1.88. The number of hydrogen-bond acceptors (Lipinski definition) is 5. The van der Waals surface area contributed by atoms with Gasteiger partial charge in [0, 0.05) is 25.2 Å². The molecule has 0 aliphatic carbocycles. The molecule has 1 saturated heterocycles. The van der Waals surface area contributed by atoms with E-state index in [0.717, 1.165) is 31.4 Å². The molecule has 1 fully saturated rings. The Hall–Kier alpha value is -2.11. The minimum absolute atomic E-state index is 0.0501. The lowest BCUT2D eigenvalue weighted by molar-refractivity contribution is -0.159. The van der Waals surface area contributed by atoms with Crippen molar-refractivity contribution in [3.05, 3.63) is 23.9 Å². The fourth-order valence-electron chi connectivity index (χ4n) is 2.93. The highest BCUT2D eigenvalue weighted by molar-refractivity contribution is 5.84. The molecule has 24 heavy (non-hydrogen) atoms. The Bertz CT molecular complexity index is 595. The molecule has 1 atom stereocenters. The zero-order chi connectivity index (χ0) is 17.7. The van der Waals surface area contributed by atoms with E-state index in [9.17, 15) is 9.59 Å². The van der Waals surface area contributed by atoms with E-state index in [1.165, 1.54) is 0 Å². The van der Waals surface area contributed by atoms with E-state index in [4.69, 9.17) is 10.5 Å². The number of piperidine rings is 1. The number of ether oxygens (including phenoxy) is 1. The van der Waals surface area contributed by atoms with Crippen LogP contribution < -0.4 is 5.73 Å². The monoisotopic (exact) mass is 333 g/mol. The van der Waals surface area contributed by atoms with Crippen LogP contribution in [0.4, 0.5) is 5.82 Å². The molecule has 0 radical (unpaired) electrons. The zero-order valence-electron chi connectivity index (χ0n) is 14.7. The van der Waals surface area contributed by atoms with Crippen LogP contribution in [0.15, 0.2) is 18.3 Å². The van der Waals surface area contributed by atoms with Crippen molar-refractivity contribution >= 4 is 17.7 Å². The molecule has 2 heterocycles. The standard InChI is InChI=1S/C18H27N3O3/c1-18(2,3)24-16(22)12-14-5-4-9-21(17(14)23)10-7-13-6-8-20-15(19)11-13/h6,8,11,14H,4-5,7,9-10,12H2,1-3H3,(H2,19,20)/t14-/m1/s1. The number of carbonyl (C=O) groups excluding carboxylic acids is 2. The van der Waals surface area contributed by atoms with Crippen LogP contribution in [0.25, 0.3) is 0 Å². The van der Waals surface area contributed by atoms with E-state index in [1.54, 1.807) is 6.20 Å². The minimum atomic E-state index is -0.518. The van der Waals surface area contributed by atoms with Crippen molar-refractivity contribution in [2.24, 2.45) is 5.92 Å². The number of carbonyl (C=O) groups is 2. The van der Waals surface area contributed by atoms with Gasteiger partial charge in [-0.15, -0.1) is 0 Å². The number of likely N-dealkylation sites (tertiary alicyclic amines) is 1. The summed E-state index contributed by atoms with van der Waals surface area (Å²) in [5, 5.41) is 0. The van der Waals surface area contributed by atoms with Crippen LogP contribution in [0.2, 0.25) is 0 Å². The van der Waals surface area contributed by atoms with E-state index < -0.39 is 5.60 Å². The average Bonchev–Trinajstić information content (AvgIpc) is 2.46. The number of nitrogens with zero attached hydrogens (tertiary/aromatic N) is 2. The first kappa shape index (κ1) is 18.2. The molecule has 0 saturated carbocycles.